The largest absolute Gasteiger partial charge is 0.453 e. The van der Waals surface area contributed by atoms with Crippen LogP contribution in [0, 0.1) is 11.8 Å². The molecule has 61 heavy (non-hydrogen) atoms. The number of benzene rings is 2. The molecule has 3 saturated heterocycles. The Balaban J connectivity index is 0.936. The van der Waals surface area contributed by atoms with Crippen LogP contribution in [0.15, 0.2) is 67.1 Å². The average Bonchev–Trinajstić information content (AvgIpc) is 4.14. The highest BCUT2D eigenvalue weighted by Gasteiger charge is 2.41. The Morgan fingerprint density at radius 3 is 1.84 bits per heavy atom. The van der Waals surface area contributed by atoms with E-state index in [2.05, 4.69) is 62.0 Å². The Bertz CT molecular complexity index is 2370. The van der Waals surface area contributed by atoms with Crippen LogP contribution in [0.1, 0.15) is 76.1 Å². The summed E-state index contributed by atoms with van der Waals surface area (Å²) in [5, 5.41) is 7.63. The molecule has 0 radical (unpaired) electrons. The molecule has 6 heterocycles. The number of methoxy groups -OCH3 is 2. The molecule has 3 aliphatic rings. The van der Waals surface area contributed by atoms with Gasteiger partial charge in [0.25, 0.3) is 0 Å². The first kappa shape index (κ1) is 41.4. The van der Waals surface area contributed by atoms with Crippen molar-refractivity contribution in [3.63, 3.8) is 0 Å². The van der Waals surface area contributed by atoms with E-state index in [-0.39, 0.29) is 35.7 Å². The Kier molecular flexibility index (Phi) is 12.3. The average molecular weight is 832 g/mol. The van der Waals surface area contributed by atoms with Crippen molar-refractivity contribution in [2.75, 3.05) is 40.5 Å². The number of imidazole rings is 2. The van der Waals surface area contributed by atoms with Gasteiger partial charge in [0.1, 0.15) is 23.7 Å². The Morgan fingerprint density at radius 2 is 1.25 bits per heavy atom. The van der Waals surface area contributed by atoms with Gasteiger partial charge >= 0.3 is 12.2 Å². The minimum Gasteiger partial charge on any atom is -0.453 e. The summed E-state index contributed by atoms with van der Waals surface area (Å²) >= 11 is 0. The van der Waals surface area contributed by atoms with Crippen LogP contribution in [-0.4, -0.2) is 111 Å². The molecule has 3 fully saturated rings. The number of hydrogen-bond donors (Lipinski definition) is 4. The zero-order valence-corrected chi connectivity index (χ0v) is 35.0. The van der Waals surface area contributed by atoms with Crippen molar-refractivity contribution >= 4 is 34.8 Å². The van der Waals surface area contributed by atoms with Crippen LogP contribution < -0.4 is 10.6 Å². The Morgan fingerprint density at radius 1 is 0.689 bits per heavy atom. The van der Waals surface area contributed by atoms with Gasteiger partial charge in [0, 0.05) is 49.2 Å². The molecule has 0 saturated carbocycles. The van der Waals surface area contributed by atoms with Crippen LogP contribution in [0.2, 0.25) is 0 Å². The summed E-state index contributed by atoms with van der Waals surface area (Å²) in [6, 6.07) is 14.7. The normalized spacial score (nSPS) is 19.2. The van der Waals surface area contributed by atoms with Gasteiger partial charge in [0.2, 0.25) is 11.8 Å². The van der Waals surface area contributed by atoms with E-state index in [0.717, 1.165) is 76.1 Å². The van der Waals surface area contributed by atoms with Gasteiger partial charge in [-0.1, -0.05) is 38.1 Å². The number of H-pyrrole nitrogens is 2. The van der Waals surface area contributed by atoms with Crippen LogP contribution in [0.25, 0.3) is 44.5 Å². The molecular weight excluding hydrogens is 779 g/mol. The van der Waals surface area contributed by atoms with Crippen molar-refractivity contribution in [2.45, 2.75) is 76.5 Å². The number of pyridine rings is 1. The van der Waals surface area contributed by atoms with Gasteiger partial charge in [-0.15, -0.1) is 0 Å². The summed E-state index contributed by atoms with van der Waals surface area (Å²) < 4.78 is 15.2. The summed E-state index contributed by atoms with van der Waals surface area (Å²) in [5.41, 5.74) is 5.32. The second-order valence-electron chi connectivity index (χ2n) is 16.4. The molecule has 0 aliphatic carbocycles. The lowest BCUT2D eigenvalue weighted by Gasteiger charge is -2.34. The fraction of sp³-hybridized carbons (Fsp3) is 0.444. The van der Waals surface area contributed by atoms with E-state index in [1.165, 1.54) is 14.2 Å². The summed E-state index contributed by atoms with van der Waals surface area (Å²) in [4.78, 5) is 76.6. The molecule has 5 aromatic rings. The Labute approximate surface area is 354 Å². The third kappa shape index (κ3) is 8.81. The van der Waals surface area contributed by atoms with E-state index in [0.29, 0.717) is 45.0 Å². The quantitative estimate of drug-likeness (QED) is 0.113. The number of ether oxygens (including phenoxy) is 3. The number of likely N-dealkylation sites (tertiary alicyclic amines) is 2. The van der Waals surface area contributed by atoms with E-state index in [9.17, 15) is 19.2 Å². The van der Waals surface area contributed by atoms with Gasteiger partial charge in [-0.25, -0.2) is 19.6 Å². The van der Waals surface area contributed by atoms with Gasteiger partial charge < -0.3 is 44.6 Å². The van der Waals surface area contributed by atoms with Crippen LogP contribution in [-0.2, 0) is 23.8 Å². The smallest absolute Gasteiger partial charge is 0.407 e. The number of aromatic amines is 2. The standard InChI is InChI=1S/C45H53N9O7/c1-26(2)38(51-44(57)59-3)42(55)53-17-5-7-36(53)41-48-25-35(50-41)32-13-14-33(46-23-32)30-11-9-29-22-31(12-10-28(29)21-30)34-24-47-40(49-34)37-8-6-18-54(37)43(56)39(52-45(58)60-4)27-15-19-61-20-16-27/h9-14,21-27,36-39H,5-8,15-20H2,1-4H3,(H,47,49)(H,48,50)(H,51,57)(H,52,58)/t36-,37-,38-,39-/m0/s1. The molecule has 0 spiro atoms. The van der Waals surface area contributed by atoms with Crippen molar-refractivity contribution in [1.82, 2.24) is 45.4 Å². The third-order valence-electron chi connectivity index (χ3n) is 12.3. The highest BCUT2D eigenvalue weighted by Crippen LogP contribution is 2.36. The number of nitrogens with one attached hydrogen (secondary N) is 4. The number of hydrogen-bond acceptors (Lipinski definition) is 10. The van der Waals surface area contributed by atoms with E-state index >= 15 is 0 Å². The molecule has 0 unspecified atom stereocenters. The molecule has 4 amide bonds. The summed E-state index contributed by atoms with van der Waals surface area (Å²) in [6.45, 7) is 6.08. The highest BCUT2D eigenvalue weighted by molar-refractivity contribution is 5.90. The minimum atomic E-state index is -0.698. The van der Waals surface area contributed by atoms with Crippen LogP contribution >= 0.6 is 0 Å². The lowest BCUT2D eigenvalue weighted by atomic mass is 9.90. The molecule has 2 aromatic carbocycles. The highest BCUT2D eigenvalue weighted by atomic mass is 16.5. The third-order valence-corrected chi connectivity index (χ3v) is 12.3. The van der Waals surface area contributed by atoms with E-state index in [4.69, 9.17) is 24.2 Å². The van der Waals surface area contributed by atoms with E-state index in [1.807, 2.05) is 43.3 Å². The van der Waals surface area contributed by atoms with Gasteiger partial charge in [0.15, 0.2) is 0 Å². The summed E-state index contributed by atoms with van der Waals surface area (Å²) in [6.07, 6.45) is 8.76. The van der Waals surface area contributed by atoms with Gasteiger partial charge in [-0.3, -0.25) is 14.6 Å². The summed E-state index contributed by atoms with van der Waals surface area (Å²) in [7, 11) is 2.59. The van der Waals surface area contributed by atoms with Gasteiger partial charge in [0.05, 0.1) is 55.8 Å². The number of amides is 4. The van der Waals surface area contributed by atoms with Crippen LogP contribution in [0.4, 0.5) is 9.59 Å². The fourth-order valence-corrected chi connectivity index (χ4v) is 8.90. The van der Waals surface area contributed by atoms with Crippen LogP contribution in [0.5, 0.6) is 0 Å². The molecule has 3 aromatic heterocycles. The SMILES string of the molecule is COC(=O)N[C@H](C(=O)N1CCC[C@H]1c1ncc(-c2ccc(-c3ccc4cc(-c5cnc([C@@H]6CCCN6C(=O)[C@@H](NC(=O)OC)C6CCOCC6)[nH]5)ccc4c3)nc2)[nH]1)C(C)C. The molecule has 4 atom stereocenters. The first-order valence-electron chi connectivity index (χ1n) is 21.1. The Hall–Kier alpha value is -6.29. The predicted molar refractivity (Wildman–Crippen MR) is 227 cm³/mol. The van der Waals surface area contributed by atoms with Crippen molar-refractivity contribution < 1.29 is 33.4 Å². The van der Waals surface area contributed by atoms with Crippen LogP contribution in [0.3, 0.4) is 0 Å². The molecule has 320 valence electrons. The lowest BCUT2D eigenvalue weighted by Crippen LogP contribution is -2.53. The zero-order chi connectivity index (χ0) is 42.6. The lowest BCUT2D eigenvalue weighted by molar-refractivity contribution is -0.137. The number of carbonyl (C=O) groups is 4. The van der Waals surface area contributed by atoms with Crippen molar-refractivity contribution in [2.24, 2.45) is 11.8 Å². The number of aromatic nitrogens is 5. The molecule has 0 bridgehead atoms. The molecule has 3 aliphatic heterocycles. The number of fused-ring (bicyclic) bond motifs is 1. The maximum absolute atomic E-state index is 14.0. The maximum Gasteiger partial charge on any atom is 0.407 e. The van der Waals surface area contributed by atoms with Gasteiger partial charge in [-0.05, 0) is 85.4 Å². The molecule has 8 rings (SSSR count). The topological polar surface area (TPSA) is 197 Å². The van der Waals surface area contributed by atoms with Crippen molar-refractivity contribution in [1.29, 1.82) is 0 Å². The molecule has 16 heteroatoms. The van der Waals surface area contributed by atoms with Gasteiger partial charge in [-0.2, -0.15) is 0 Å². The molecule has 16 nitrogen and oxygen atoms in total. The second-order valence-corrected chi connectivity index (χ2v) is 16.4. The van der Waals surface area contributed by atoms with Crippen molar-refractivity contribution in [3.8, 4) is 33.8 Å². The minimum absolute atomic E-state index is 0.0314. The van der Waals surface area contributed by atoms with E-state index < -0.39 is 24.3 Å². The monoisotopic (exact) mass is 831 g/mol. The van der Waals surface area contributed by atoms with Crippen molar-refractivity contribution in [3.05, 3.63) is 78.8 Å². The first-order chi connectivity index (χ1) is 29.6. The van der Waals surface area contributed by atoms with E-state index in [1.54, 1.807) is 11.1 Å². The number of alkyl carbamates (subject to hydrolysis) is 2. The fourth-order valence-electron chi connectivity index (χ4n) is 8.90. The second kappa shape index (κ2) is 18.1. The number of nitrogens with zero attached hydrogens (tertiary/aromatic N) is 5. The molecular formula is C45H53N9O7. The number of rotatable bonds is 11. The first-order valence-corrected chi connectivity index (χ1v) is 21.1. The predicted octanol–water partition coefficient (Wildman–Crippen LogP) is 6.54. The summed E-state index contributed by atoms with van der Waals surface area (Å²) in [5.74, 6) is 1.01. The molecule has 4 N–H and O–H groups in total. The zero-order valence-electron chi connectivity index (χ0n) is 35.0. The number of carbonyl (C=O) groups excluding carboxylic acids is 4. The maximum atomic E-state index is 14.0.